The number of aliphatic hydroxyl groups is 1. The molecule has 4 nitrogen and oxygen atoms in total. The number of benzene rings is 2. The summed E-state index contributed by atoms with van der Waals surface area (Å²) in [6.45, 7) is 7.55. The zero-order valence-corrected chi connectivity index (χ0v) is 14.5. The lowest BCUT2D eigenvalue weighted by molar-refractivity contribution is 0.0924. The number of fused-ring (bicyclic) bond motifs is 1. The topological polar surface area (TPSA) is 57.6 Å². The van der Waals surface area contributed by atoms with Gasteiger partial charge in [0.1, 0.15) is 0 Å². The van der Waals surface area contributed by atoms with Crippen LogP contribution >= 0.6 is 0 Å². The lowest BCUT2D eigenvalue weighted by Crippen LogP contribution is -2.31. The predicted molar refractivity (Wildman–Crippen MR) is 97.9 cm³/mol. The molecule has 0 aromatic heterocycles. The summed E-state index contributed by atoms with van der Waals surface area (Å²) < 4.78 is 0. The monoisotopic (exact) mass is 335 g/mol. The second-order valence-electron chi connectivity index (χ2n) is 6.18. The van der Waals surface area contributed by atoms with Gasteiger partial charge in [-0.15, -0.1) is 6.58 Å². The van der Waals surface area contributed by atoms with Crippen molar-refractivity contribution in [1.29, 1.82) is 0 Å². The third kappa shape index (κ3) is 2.59. The van der Waals surface area contributed by atoms with E-state index < -0.39 is 0 Å². The van der Waals surface area contributed by atoms with Crippen LogP contribution in [0.2, 0.25) is 0 Å². The predicted octanol–water partition coefficient (Wildman–Crippen LogP) is 3.83. The number of hydrogen-bond acceptors (Lipinski definition) is 3. The van der Waals surface area contributed by atoms with Crippen LogP contribution in [-0.4, -0.2) is 16.9 Å². The maximum atomic E-state index is 13.1. The lowest BCUT2D eigenvalue weighted by Gasteiger charge is -2.23. The van der Waals surface area contributed by atoms with Gasteiger partial charge in [-0.1, -0.05) is 50.3 Å². The van der Waals surface area contributed by atoms with E-state index in [2.05, 4.69) is 6.58 Å². The van der Waals surface area contributed by atoms with Gasteiger partial charge in [0.25, 0.3) is 11.8 Å². The summed E-state index contributed by atoms with van der Waals surface area (Å²) in [5.74, 6) is -0.708. The Bertz CT molecular complexity index is 869. The lowest BCUT2D eigenvalue weighted by atomic mass is 9.94. The number of para-hydroxylation sites is 1. The molecule has 0 fully saturated rings. The summed E-state index contributed by atoms with van der Waals surface area (Å²) in [5, 5.41) is 9.55. The number of hydrogen-bond donors (Lipinski definition) is 1. The van der Waals surface area contributed by atoms with Crippen molar-refractivity contribution < 1.29 is 14.7 Å². The molecule has 0 saturated carbocycles. The first-order chi connectivity index (χ1) is 12.0. The minimum absolute atomic E-state index is 0.00289. The van der Waals surface area contributed by atoms with E-state index in [-0.39, 0.29) is 24.3 Å². The SMILES string of the molecule is C=CC(C)c1cccc(CC)c1N1C(=O)c2cccc(CO)c2C1=O. The molecule has 0 radical (unpaired) electrons. The molecule has 1 aliphatic heterocycles. The van der Waals surface area contributed by atoms with Crippen molar-refractivity contribution in [2.45, 2.75) is 32.8 Å². The summed E-state index contributed by atoms with van der Waals surface area (Å²) in [6.07, 6.45) is 2.50. The van der Waals surface area contributed by atoms with Gasteiger partial charge < -0.3 is 5.11 Å². The minimum atomic E-state index is -0.372. The molecular weight excluding hydrogens is 314 g/mol. The Morgan fingerprint density at radius 2 is 1.80 bits per heavy atom. The molecule has 4 heteroatoms. The van der Waals surface area contributed by atoms with Gasteiger partial charge in [-0.3, -0.25) is 9.59 Å². The molecule has 0 saturated heterocycles. The molecule has 0 aliphatic carbocycles. The molecule has 2 aromatic rings. The van der Waals surface area contributed by atoms with E-state index in [0.717, 1.165) is 11.1 Å². The van der Waals surface area contributed by atoms with Crippen molar-refractivity contribution in [3.05, 3.63) is 76.9 Å². The van der Waals surface area contributed by atoms with Gasteiger partial charge in [0.05, 0.1) is 23.4 Å². The van der Waals surface area contributed by atoms with Crippen molar-refractivity contribution in [1.82, 2.24) is 0 Å². The van der Waals surface area contributed by atoms with Gasteiger partial charge in [-0.05, 0) is 29.2 Å². The number of carbonyl (C=O) groups excluding carboxylic acids is 2. The quantitative estimate of drug-likeness (QED) is 0.667. The molecule has 1 heterocycles. The normalized spacial score (nSPS) is 14.6. The number of carbonyl (C=O) groups is 2. The van der Waals surface area contributed by atoms with Gasteiger partial charge >= 0.3 is 0 Å². The van der Waals surface area contributed by atoms with Crippen LogP contribution < -0.4 is 4.90 Å². The number of nitrogens with zero attached hydrogens (tertiary/aromatic N) is 1. The van der Waals surface area contributed by atoms with Crippen molar-refractivity contribution >= 4 is 17.5 Å². The molecule has 25 heavy (non-hydrogen) atoms. The molecule has 1 atom stereocenters. The van der Waals surface area contributed by atoms with Gasteiger partial charge in [0, 0.05) is 5.92 Å². The molecule has 2 amide bonds. The first kappa shape index (κ1) is 17.1. The highest BCUT2D eigenvalue weighted by molar-refractivity contribution is 6.35. The number of aryl methyl sites for hydroxylation is 1. The summed E-state index contributed by atoms with van der Waals surface area (Å²) in [5.41, 5.74) is 3.61. The summed E-state index contributed by atoms with van der Waals surface area (Å²) in [6, 6.07) is 10.8. The second-order valence-corrected chi connectivity index (χ2v) is 6.18. The summed E-state index contributed by atoms with van der Waals surface area (Å²) >= 11 is 0. The van der Waals surface area contributed by atoms with Crippen LogP contribution in [0.25, 0.3) is 0 Å². The molecule has 0 bridgehead atoms. The summed E-state index contributed by atoms with van der Waals surface area (Å²) in [7, 11) is 0. The maximum Gasteiger partial charge on any atom is 0.266 e. The fraction of sp³-hybridized carbons (Fsp3) is 0.238. The van der Waals surface area contributed by atoms with Gasteiger partial charge in [-0.25, -0.2) is 4.90 Å². The molecule has 1 N–H and O–H groups in total. The molecule has 0 spiro atoms. The number of imide groups is 1. The summed E-state index contributed by atoms with van der Waals surface area (Å²) in [4.78, 5) is 27.4. The first-order valence-electron chi connectivity index (χ1n) is 8.41. The Kier molecular flexibility index (Phi) is 4.55. The average Bonchev–Trinajstić information content (AvgIpc) is 2.91. The van der Waals surface area contributed by atoms with Crippen LogP contribution in [-0.2, 0) is 13.0 Å². The van der Waals surface area contributed by atoms with E-state index in [4.69, 9.17) is 0 Å². The van der Waals surface area contributed by atoms with Gasteiger partial charge in [0.2, 0.25) is 0 Å². The van der Waals surface area contributed by atoms with Crippen molar-refractivity contribution in [2.24, 2.45) is 0 Å². The van der Waals surface area contributed by atoms with Crippen LogP contribution in [0, 0.1) is 0 Å². The number of rotatable bonds is 5. The fourth-order valence-corrected chi connectivity index (χ4v) is 3.35. The molecule has 128 valence electrons. The Morgan fingerprint density at radius 3 is 2.44 bits per heavy atom. The Labute approximate surface area is 147 Å². The van der Waals surface area contributed by atoms with E-state index in [0.29, 0.717) is 28.8 Å². The van der Waals surface area contributed by atoms with Crippen LogP contribution in [0.5, 0.6) is 0 Å². The van der Waals surface area contributed by atoms with E-state index in [1.807, 2.05) is 32.0 Å². The zero-order valence-electron chi connectivity index (χ0n) is 14.5. The molecule has 2 aromatic carbocycles. The maximum absolute atomic E-state index is 13.1. The molecule has 1 aliphatic rings. The van der Waals surface area contributed by atoms with E-state index >= 15 is 0 Å². The van der Waals surface area contributed by atoms with Crippen LogP contribution in [0.3, 0.4) is 0 Å². The van der Waals surface area contributed by atoms with Crippen LogP contribution in [0.4, 0.5) is 5.69 Å². The molecule has 3 rings (SSSR count). The van der Waals surface area contributed by atoms with Crippen molar-refractivity contribution in [3.8, 4) is 0 Å². The smallest absolute Gasteiger partial charge is 0.266 e. The highest BCUT2D eigenvalue weighted by Crippen LogP contribution is 2.38. The highest BCUT2D eigenvalue weighted by atomic mass is 16.3. The van der Waals surface area contributed by atoms with Crippen molar-refractivity contribution in [3.63, 3.8) is 0 Å². The van der Waals surface area contributed by atoms with E-state index in [1.54, 1.807) is 24.3 Å². The van der Waals surface area contributed by atoms with Crippen LogP contribution in [0.1, 0.15) is 57.2 Å². The molecular formula is C21H21NO3. The molecule has 1 unspecified atom stereocenters. The van der Waals surface area contributed by atoms with E-state index in [1.165, 1.54) is 4.90 Å². The number of allylic oxidation sites excluding steroid dienone is 1. The highest BCUT2D eigenvalue weighted by Gasteiger charge is 2.40. The second kappa shape index (κ2) is 6.65. The first-order valence-corrected chi connectivity index (χ1v) is 8.41. The third-order valence-corrected chi connectivity index (χ3v) is 4.77. The standard InChI is InChI=1S/C21H21NO3/c1-4-13(3)16-10-6-8-14(5-2)19(16)22-20(24)17-11-7-9-15(12-23)18(17)21(22)25/h4,6-11,13,23H,1,5,12H2,2-3H3. The van der Waals surface area contributed by atoms with Crippen molar-refractivity contribution in [2.75, 3.05) is 4.90 Å². The number of aliphatic hydroxyl groups excluding tert-OH is 1. The average molecular weight is 335 g/mol. The van der Waals surface area contributed by atoms with Gasteiger partial charge in [0.15, 0.2) is 0 Å². The van der Waals surface area contributed by atoms with E-state index in [9.17, 15) is 14.7 Å². The van der Waals surface area contributed by atoms with Crippen LogP contribution in [0.15, 0.2) is 49.1 Å². The van der Waals surface area contributed by atoms with Gasteiger partial charge in [-0.2, -0.15) is 0 Å². The minimum Gasteiger partial charge on any atom is -0.392 e. The third-order valence-electron chi connectivity index (χ3n) is 4.77. The number of anilines is 1. The Morgan fingerprint density at radius 1 is 1.12 bits per heavy atom. The fourth-order valence-electron chi connectivity index (χ4n) is 3.35. The zero-order chi connectivity index (χ0) is 18.1. The Hall–Kier alpha value is -2.72. The largest absolute Gasteiger partial charge is 0.392 e. The number of amides is 2. The Balaban J connectivity index is 2.24.